The lowest BCUT2D eigenvalue weighted by Crippen LogP contribution is -1.98. The standard InChI is InChI=1S/C48H30N2.C46H30N2.C40H26N2/c1-3-11-31(12-4-1)43-30-49(36-16-5-2-6-17-36)47-42(43)28-27-41-39-19-7-8-20-44(39)50(48(41)47)37-18-10-15-35(29-37)38-25-23-34-22-21-32-13-9-14-33-24-26-40(38)46(34)45(32)33;1-3-11-32(12-4-1)43-30-47(38-15-5-2-6-16-38)45-42(43)26-25-41-40-17-9-10-18-44(40)48(46(41)45)39-23-21-31(22-24-39)35-19-20-36-27-33-13-7-8-14-34(33)28-37(36)29-35;1-3-11-27(12-4-1)37-26-41(32-15-5-2-6-16-32)39-36(37)22-21-35-34-17-9-10-18-38(34)42(40(35)39)33-20-19-30-23-28-13-7-8-14-29(28)24-31(30)25-33/h1-30H;1-30H;1-26H. The highest BCUT2D eigenvalue weighted by atomic mass is 15.1. The van der Waals surface area contributed by atoms with Crippen LogP contribution in [0.1, 0.15) is 0 Å². The van der Waals surface area contributed by atoms with Gasteiger partial charge >= 0.3 is 0 Å². The van der Waals surface area contributed by atoms with Gasteiger partial charge in [0, 0.05) is 118 Å². The first-order chi connectivity index (χ1) is 69.4. The van der Waals surface area contributed by atoms with E-state index in [0.717, 1.165) is 28.4 Å². The maximum absolute atomic E-state index is 2.49. The molecule has 0 amide bonds. The fourth-order valence-corrected chi connectivity index (χ4v) is 22.8. The minimum Gasteiger partial charge on any atom is -0.314 e. The van der Waals surface area contributed by atoms with Crippen LogP contribution in [-0.2, 0) is 0 Å². The Bertz CT molecular complexity index is 10100. The average Bonchev–Trinajstić information content (AvgIpc) is 1.39. The third-order valence-corrected chi connectivity index (χ3v) is 29.2. The van der Waals surface area contributed by atoms with Gasteiger partial charge in [-0.05, 0) is 236 Å². The molecule has 0 saturated carbocycles. The zero-order valence-electron chi connectivity index (χ0n) is 76.3. The summed E-state index contributed by atoms with van der Waals surface area (Å²) in [5.41, 5.74) is 30.0. The third-order valence-electron chi connectivity index (χ3n) is 29.2. The minimum atomic E-state index is 1.14. The zero-order chi connectivity index (χ0) is 92.0. The molecule has 0 bridgehead atoms. The molecular formula is C134H86N6. The summed E-state index contributed by atoms with van der Waals surface area (Å²) in [6.07, 6.45) is 6.93. The molecule has 6 nitrogen and oxygen atoms in total. The van der Waals surface area contributed by atoms with Gasteiger partial charge in [-0.15, -0.1) is 0 Å². The van der Waals surface area contributed by atoms with Crippen LogP contribution in [0.3, 0.4) is 0 Å². The number of benzene rings is 24. The number of rotatable bonds is 11. The van der Waals surface area contributed by atoms with Crippen LogP contribution >= 0.6 is 0 Å². The van der Waals surface area contributed by atoms with E-state index in [9.17, 15) is 0 Å². The van der Waals surface area contributed by atoms with Gasteiger partial charge in [-0.3, -0.25) is 0 Å². The van der Waals surface area contributed by atoms with E-state index in [0.29, 0.717) is 0 Å². The Morgan fingerprint density at radius 1 is 0.121 bits per heavy atom. The zero-order valence-corrected chi connectivity index (χ0v) is 76.3. The van der Waals surface area contributed by atoms with Crippen molar-refractivity contribution in [1.29, 1.82) is 0 Å². The van der Waals surface area contributed by atoms with Crippen LogP contribution in [0.25, 0.3) is 263 Å². The highest BCUT2D eigenvalue weighted by molar-refractivity contribution is 6.27. The summed E-state index contributed by atoms with van der Waals surface area (Å²) in [7, 11) is 0. The summed E-state index contributed by atoms with van der Waals surface area (Å²) in [4.78, 5) is 0. The molecule has 0 saturated heterocycles. The Morgan fingerprint density at radius 3 is 0.864 bits per heavy atom. The van der Waals surface area contributed by atoms with Crippen molar-refractivity contribution in [3.05, 3.63) is 522 Å². The Balaban J connectivity index is 0.000000103. The van der Waals surface area contributed by atoms with Crippen LogP contribution in [0, 0.1) is 0 Å². The first-order valence-corrected chi connectivity index (χ1v) is 48.2. The van der Waals surface area contributed by atoms with Crippen LogP contribution in [0.4, 0.5) is 0 Å². The second-order valence-electron chi connectivity index (χ2n) is 37.0. The molecule has 30 aromatic rings. The Labute approximate surface area is 807 Å². The maximum atomic E-state index is 2.49. The van der Waals surface area contributed by atoms with Gasteiger partial charge < -0.3 is 27.4 Å². The number of nitrogens with zero attached hydrogens (tertiary/aromatic N) is 6. The maximum Gasteiger partial charge on any atom is 0.0788 e. The smallest absolute Gasteiger partial charge is 0.0788 e. The van der Waals surface area contributed by atoms with E-state index in [1.54, 1.807) is 0 Å². The van der Waals surface area contributed by atoms with E-state index in [1.165, 1.54) is 235 Å². The van der Waals surface area contributed by atoms with Gasteiger partial charge in [-0.25, -0.2) is 0 Å². The first kappa shape index (κ1) is 79.9. The number of hydrogen-bond acceptors (Lipinski definition) is 0. The second-order valence-corrected chi connectivity index (χ2v) is 37.0. The molecule has 0 aliphatic carbocycles. The molecule has 140 heavy (non-hydrogen) atoms. The van der Waals surface area contributed by atoms with Crippen LogP contribution < -0.4 is 0 Å². The lowest BCUT2D eigenvalue weighted by Gasteiger charge is -2.16. The molecule has 0 spiro atoms. The van der Waals surface area contributed by atoms with Crippen LogP contribution in [0.2, 0.25) is 0 Å². The molecule has 24 aromatic carbocycles. The second kappa shape index (κ2) is 32.6. The molecule has 30 rings (SSSR count). The lowest BCUT2D eigenvalue weighted by atomic mass is 9.90. The molecular weight excluding hydrogens is 1690 g/mol. The van der Waals surface area contributed by atoms with Crippen molar-refractivity contribution in [3.8, 4) is 89.8 Å². The topological polar surface area (TPSA) is 29.6 Å². The first-order valence-electron chi connectivity index (χ1n) is 48.2. The Kier molecular flexibility index (Phi) is 18.6. The van der Waals surface area contributed by atoms with E-state index in [4.69, 9.17) is 0 Å². The van der Waals surface area contributed by atoms with Gasteiger partial charge in [0.1, 0.15) is 0 Å². The van der Waals surface area contributed by atoms with Crippen molar-refractivity contribution in [2.45, 2.75) is 0 Å². The van der Waals surface area contributed by atoms with E-state index < -0.39 is 0 Å². The number of aromatic nitrogens is 6. The molecule has 0 unspecified atom stereocenters. The molecule has 6 heteroatoms. The van der Waals surface area contributed by atoms with Crippen molar-refractivity contribution in [3.63, 3.8) is 0 Å². The summed E-state index contributed by atoms with van der Waals surface area (Å²) in [5, 5.41) is 29.2. The van der Waals surface area contributed by atoms with Crippen molar-refractivity contribution < 1.29 is 0 Å². The number of hydrogen-bond donors (Lipinski definition) is 0. The third kappa shape index (κ3) is 13.0. The van der Waals surface area contributed by atoms with Crippen LogP contribution in [0.15, 0.2) is 522 Å². The summed E-state index contributed by atoms with van der Waals surface area (Å²) >= 11 is 0. The van der Waals surface area contributed by atoms with Crippen LogP contribution in [-0.4, -0.2) is 27.4 Å². The number of para-hydroxylation sites is 6. The molecule has 0 N–H and O–H groups in total. The van der Waals surface area contributed by atoms with Crippen molar-refractivity contribution in [2.75, 3.05) is 0 Å². The molecule has 6 heterocycles. The highest BCUT2D eigenvalue weighted by Gasteiger charge is 2.27. The predicted octanol–water partition coefficient (Wildman–Crippen LogP) is 36.0. The average molecular weight is 1780 g/mol. The quantitative estimate of drug-likeness (QED) is 0.0913. The van der Waals surface area contributed by atoms with Crippen molar-refractivity contribution in [2.24, 2.45) is 0 Å². The summed E-state index contributed by atoms with van der Waals surface area (Å²) in [5.74, 6) is 0. The Hall–Kier alpha value is -18.6. The largest absolute Gasteiger partial charge is 0.314 e. The van der Waals surface area contributed by atoms with E-state index in [-0.39, 0.29) is 0 Å². The van der Waals surface area contributed by atoms with Gasteiger partial charge in [0.25, 0.3) is 0 Å². The number of fused-ring (bicyclic) bond motifs is 19. The molecule has 0 atom stereocenters. The van der Waals surface area contributed by atoms with Crippen molar-refractivity contribution >= 4 is 174 Å². The molecule has 652 valence electrons. The fraction of sp³-hybridized carbons (Fsp3) is 0. The van der Waals surface area contributed by atoms with E-state index in [1.807, 2.05) is 0 Å². The molecule has 0 aliphatic heterocycles. The van der Waals surface area contributed by atoms with E-state index >= 15 is 0 Å². The van der Waals surface area contributed by atoms with Gasteiger partial charge in [0.05, 0.1) is 49.7 Å². The van der Waals surface area contributed by atoms with Gasteiger partial charge in [-0.1, -0.05) is 382 Å². The molecule has 0 aliphatic rings. The summed E-state index contributed by atoms with van der Waals surface area (Å²) in [6, 6.07) is 183. The van der Waals surface area contributed by atoms with E-state index in [2.05, 4.69) is 550 Å². The van der Waals surface area contributed by atoms with Crippen molar-refractivity contribution in [1.82, 2.24) is 27.4 Å². The van der Waals surface area contributed by atoms with Gasteiger partial charge in [-0.2, -0.15) is 0 Å². The predicted molar refractivity (Wildman–Crippen MR) is 594 cm³/mol. The van der Waals surface area contributed by atoms with Crippen LogP contribution in [0.5, 0.6) is 0 Å². The molecule has 0 radical (unpaired) electrons. The monoisotopic (exact) mass is 1780 g/mol. The fourth-order valence-electron chi connectivity index (χ4n) is 22.8. The van der Waals surface area contributed by atoms with Gasteiger partial charge in [0.15, 0.2) is 0 Å². The Morgan fingerprint density at radius 2 is 0.414 bits per heavy atom. The normalized spacial score (nSPS) is 11.9. The summed E-state index contributed by atoms with van der Waals surface area (Å²) < 4.78 is 14.6. The lowest BCUT2D eigenvalue weighted by molar-refractivity contribution is 1.12. The summed E-state index contributed by atoms with van der Waals surface area (Å²) in [6.45, 7) is 0. The minimum absolute atomic E-state index is 1.14. The van der Waals surface area contributed by atoms with Gasteiger partial charge in [0.2, 0.25) is 0 Å². The molecule has 6 aromatic heterocycles. The highest BCUT2D eigenvalue weighted by Crippen LogP contribution is 2.49. The SMILES string of the molecule is c1ccc(-c2cn(-c3ccccc3)c3c2ccc2c4ccccc4n(-c4ccc(-c5ccc6cc7ccccc7cc6c5)cc4)c23)cc1.c1ccc(-c2cn(-c3ccccc3)c3c2ccc2c4ccccc4n(-c4ccc5cc6ccccc6cc5c4)c23)cc1.c1ccc(-c2cn(-c3ccccc3)c3c2ccc2c4ccccc4n(-c4cccc(-c5ccc6ccc7cccc8ccc5c6c78)c4)c23)cc1. The molecule has 0 fully saturated rings.